The fraction of sp³-hybridized carbons (Fsp3) is 0.846. The lowest BCUT2D eigenvalue weighted by Gasteiger charge is -2.14. The fourth-order valence-corrected chi connectivity index (χ4v) is 2.11. The van der Waals surface area contributed by atoms with E-state index in [4.69, 9.17) is 15.0 Å². The molecule has 0 aliphatic carbocycles. The van der Waals surface area contributed by atoms with Crippen LogP contribution in [0.5, 0.6) is 0 Å². The SMILES string of the molecule is CCC(OC)c1noc(C[C@@H](CN)CC(C)C)n1. The summed E-state index contributed by atoms with van der Waals surface area (Å²) >= 11 is 0. The highest BCUT2D eigenvalue weighted by atomic mass is 16.5. The maximum Gasteiger partial charge on any atom is 0.227 e. The second-order valence-electron chi connectivity index (χ2n) is 5.11. The van der Waals surface area contributed by atoms with Gasteiger partial charge >= 0.3 is 0 Å². The Labute approximate surface area is 109 Å². The van der Waals surface area contributed by atoms with Gasteiger partial charge in [-0.3, -0.25) is 0 Å². The molecule has 5 nitrogen and oxygen atoms in total. The van der Waals surface area contributed by atoms with Crippen LogP contribution in [0.15, 0.2) is 4.52 Å². The molecule has 5 heteroatoms. The maximum atomic E-state index is 5.77. The van der Waals surface area contributed by atoms with Crippen molar-refractivity contribution in [1.29, 1.82) is 0 Å². The summed E-state index contributed by atoms with van der Waals surface area (Å²) in [6.45, 7) is 7.07. The molecule has 1 heterocycles. The average Bonchev–Trinajstić information content (AvgIpc) is 2.78. The molecule has 2 N–H and O–H groups in total. The number of methoxy groups -OCH3 is 1. The van der Waals surface area contributed by atoms with Gasteiger partial charge in [0.2, 0.25) is 11.7 Å². The lowest BCUT2D eigenvalue weighted by Crippen LogP contribution is -2.19. The second-order valence-corrected chi connectivity index (χ2v) is 5.11. The van der Waals surface area contributed by atoms with Gasteiger partial charge in [-0.2, -0.15) is 4.98 Å². The normalized spacial score (nSPS) is 15.0. The van der Waals surface area contributed by atoms with Crippen molar-refractivity contribution in [2.75, 3.05) is 13.7 Å². The molecule has 1 aromatic rings. The molecule has 0 aliphatic heterocycles. The molecule has 18 heavy (non-hydrogen) atoms. The van der Waals surface area contributed by atoms with E-state index in [0.29, 0.717) is 30.1 Å². The van der Waals surface area contributed by atoms with Gasteiger partial charge in [0.1, 0.15) is 6.10 Å². The first-order valence-electron chi connectivity index (χ1n) is 6.65. The van der Waals surface area contributed by atoms with Crippen molar-refractivity contribution in [3.05, 3.63) is 11.7 Å². The highest BCUT2D eigenvalue weighted by Gasteiger charge is 2.18. The number of rotatable bonds is 8. The number of aromatic nitrogens is 2. The molecule has 0 bridgehead atoms. The van der Waals surface area contributed by atoms with Crippen LogP contribution in [0.3, 0.4) is 0 Å². The Morgan fingerprint density at radius 3 is 2.61 bits per heavy atom. The van der Waals surface area contributed by atoms with Gasteiger partial charge in [0.25, 0.3) is 0 Å². The van der Waals surface area contributed by atoms with E-state index in [1.165, 1.54) is 0 Å². The van der Waals surface area contributed by atoms with E-state index in [1.54, 1.807) is 7.11 Å². The molecule has 0 radical (unpaired) electrons. The molecule has 0 aromatic carbocycles. The van der Waals surface area contributed by atoms with Crippen molar-refractivity contribution < 1.29 is 9.26 Å². The number of nitrogens with zero attached hydrogens (tertiary/aromatic N) is 2. The quantitative estimate of drug-likeness (QED) is 0.771. The first-order chi connectivity index (χ1) is 8.60. The second kappa shape index (κ2) is 7.48. The third kappa shape index (κ3) is 4.38. The molecule has 1 aromatic heterocycles. The van der Waals surface area contributed by atoms with Gasteiger partial charge in [-0.25, -0.2) is 0 Å². The maximum absolute atomic E-state index is 5.77. The predicted molar refractivity (Wildman–Crippen MR) is 70.0 cm³/mol. The van der Waals surface area contributed by atoms with Crippen LogP contribution >= 0.6 is 0 Å². The van der Waals surface area contributed by atoms with Crippen LogP contribution in [-0.4, -0.2) is 23.8 Å². The van der Waals surface area contributed by atoms with E-state index in [1.807, 2.05) is 6.92 Å². The van der Waals surface area contributed by atoms with Crippen LogP contribution in [0.1, 0.15) is 51.4 Å². The molecule has 0 saturated carbocycles. The van der Waals surface area contributed by atoms with E-state index in [2.05, 4.69) is 24.0 Å². The standard InChI is InChI=1S/C13H25N3O2/c1-5-11(17-4)13-15-12(18-16-13)7-10(8-14)6-9(2)3/h9-11H,5-8,14H2,1-4H3/t10-,11?/m0/s1. The fourth-order valence-electron chi connectivity index (χ4n) is 2.11. The Morgan fingerprint density at radius 2 is 2.11 bits per heavy atom. The van der Waals surface area contributed by atoms with Gasteiger partial charge < -0.3 is 15.0 Å². The zero-order valence-electron chi connectivity index (χ0n) is 11.8. The number of hydrogen-bond acceptors (Lipinski definition) is 5. The van der Waals surface area contributed by atoms with Crippen molar-refractivity contribution in [2.24, 2.45) is 17.6 Å². The zero-order chi connectivity index (χ0) is 13.5. The molecule has 0 spiro atoms. The van der Waals surface area contributed by atoms with Gasteiger partial charge in [0.15, 0.2) is 0 Å². The van der Waals surface area contributed by atoms with Crippen molar-refractivity contribution in [1.82, 2.24) is 10.1 Å². The summed E-state index contributed by atoms with van der Waals surface area (Å²) in [6, 6.07) is 0. The van der Waals surface area contributed by atoms with E-state index in [-0.39, 0.29) is 6.10 Å². The van der Waals surface area contributed by atoms with Crippen LogP contribution in [0, 0.1) is 11.8 Å². The van der Waals surface area contributed by atoms with E-state index >= 15 is 0 Å². The van der Waals surface area contributed by atoms with Crippen LogP contribution < -0.4 is 5.73 Å². The summed E-state index contributed by atoms with van der Waals surface area (Å²) in [5.41, 5.74) is 5.77. The van der Waals surface area contributed by atoms with Gasteiger partial charge in [-0.15, -0.1) is 0 Å². The predicted octanol–water partition coefficient (Wildman–Crippen LogP) is 2.33. The minimum absolute atomic E-state index is 0.0797. The first-order valence-corrected chi connectivity index (χ1v) is 6.65. The number of hydrogen-bond donors (Lipinski definition) is 1. The third-order valence-corrected chi connectivity index (χ3v) is 3.03. The zero-order valence-corrected chi connectivity index (χ0v) is 11.8. The summed E-state index contributed by atoms with van der Waals surface area (Å²) in [4.78, 5) is 4.39. The van der Waals surface area contributed by atoms with Gasteiger partial charge in [0, 0.05) is 13.5 Å². The van der Waals surface area contributed by atoms with Crippen LogP contribution in [-0.2, 0) is 11.2 Å². The van der Waals surface area contributed by atoms with E-state index in [0.717, 1.165) is 19.3 Å². The van der Waals surface area contributed by atoms with Crippen molar-refractivity contribution >= 4 is 0 Å². The highest BCUT2D eigenvalue weighted by Crippen LogP contribution is 2.19. The number of nitrogens with two attached hydrogens (primary N) is 1. The molecule has 0 amide bonds. The lowest BCUT2D eigenvalue weighted by molar-refractivity contribution is 0.0903. The Hall–Kier alpha value is -0.940. The average molecular weight is 255 g/mol. The Bertz CT molecular complexity index is 335. The third-order valence-electron chi connectivity index (χ3n) is 3.03. The largest absolute Gasteiger partial charge is 0.373 e. The minimum atomic E-state index is -0.0797. The van der Waals surface area contributed by atoms with Gasteiger partial charge in [-0.05, 0) is 31.2 Å². The Morgan fingerprint density at radius 1 is 1.39 bits per heavy atom. The molecule has 1 unspecified atom stereocenters. The van der Waals surface area contributed by atoms with Crippen LogP contribution in [0.2, 0.25) is 0 Å². The molecule has 2 atom stereocenters. The Balaban J connectivity index is 2.62. The van der Waals surface area contributed by atoms with E-state index in [9.17, 15) is 0 Å². The molecule has 0 fully saturated rings. The smallest absolute Gasteiger partial charge is 0.227 e. The van der Waals surface area contributed by atoms with Gasteiger partial charge in [-0.1, -0.05) is 25.9 Å². The highest BCUT2D eigenvalue weighted by molar-refractivity contribution is 4.92. The van der Waals surface area contributed by atoms with Crippen molar-refractivity contribution in [3.63, 3.8) is 0 Å². The molecular formula is C13H25N3O2. The summed E-state index contributed by atoms with van der Waals surface area (Å²) in [5, 5.41) is 3.97. The summed E-state index contributed by atoms with van der Waals surface area (Å²) in [7, 11) is 1.66. The molecule has 1 rings (SSSR count). The lowest BCUT2D eigenvalue weighted by atomic mass is 9.94. The monoisotopic (exact) mass is 255 g/mol. The number of ether oxygens (including phenoxy) is 1. The summed E-state index contributed by atoms with van der Waals surface area (Å²) in [6.07, 6.45) is 2.59. The summed E-state index contributed by atoms with van der Waals surface area (Å²) in [5.74, 6) is 2.33. The molecule has 0 aliphatic rings. The van der Waals surface area contributed by atoms with Crippen molar-refractivity contribution in [2.45, 2.75) is 46.1 Å². The van der Waals surface area contributed by atoms with Crippen molar-refractivity contribution in [3.8, 4) is 0 Å². The Kier molecular flexibility index (Phi) is 6.29. The van der Waals surface area contributed by atoms with Crippen LogP contribution in [0.4, 0.5) is 0 Å². The molecule has 0 saturated heterocycles. The topological polar surface area (TPSA) is 74.2 Å². The summed E-state index contributed by atoms with van der Waals surface area (Å²) < 4.78 is 10.6. The van der Waals surface area contributed by atoms with E-state index < -0.39 is 0 Å². The molecular weight excluding hydrogens is 230 g/mol. The minimum Gasteiger partial charge on any atom is -0.373 e. The van der Waals surface area contributed by atoms with Gasteiger partial charge in [0.05, 0.1) is 0 Å². The van der Waals surface area contributed by atoms with Crippen LogP contribution in [0.25, 0.3) is 0 Å². The molecule has 104 valence electrons. The first kappa shape index (κ1) is 15.1.